The Balaban J connectivity index is 2.05. The lowest BCUT2D eigenvalue weighted by Gasteiger charge is -2.28. The average Bonchev–Trinajstić information content (AvgIpc) is 3.14. The van der Waals surface area contributed by atoms with Gasteiger partial charge < -0.3 is 34.7 Å². The molecule has 1 aromatic heterocycles. The zero-order valence-corrected chi connectivity index (χ0v) is 17.8. The maximum Gasteiger partial charge on any atom is 0.339 e. The van der Waals surface area contributed by atoms with Crippen LogP contribution >= 0.6 is 11.6 Å². The third kappa shape index (κ3) is 3.36. The number of aromatic hydroxyl groups is 2. The lowest BCUT2D eigenvalue weighted by molar-refractivity contribution is -0.116. The molecule has 2 aromatic carbocycles. The number of hydrogen-bond donors (Lipinski definition) is 4. The standard InChI is InChI=1S/C22H19ClN2O7/c1-31-15-7-13(21(32-2)20(28)19(15)27)12-8-16(26)24-17-14(22(29)30)9-25(18(12)17)11-5-3-4-10(23)6-11/h3-7,9,12,27-28H,8H2,1-2H3,(H,24,26)(H,29,30)/t12-/m0/s1. The maximum atomic E-state index is 12.6. The van der Waals surface area contributed by atoms with Crippen LogP contribution in [-0.2, 0) is 4.79 Å². The summed E-state index contributed by atoms with van der Waals surface area (Å²) in [5.41, 5.74) is 1.40. The highest BCUT2D eigenvalue weighted by molar-refractivity contribution is 6.30. The summed E-state index contributed by atoms with van der Waals surface area (Å²) >= 11 is 6.15. The summed E-state index contributed by atoms with van der Waals surface area (Å²) in [4.78, 5) is 24.5. The minimum absolute atomic E-state index is 0.0230. The number of carboxylic acids is 1. The topological polar surface area (TPSA) is 130 Å². The number of methoxy groups -OCH3 is 2. The molecule has 10 heteroatoms. The normalized spacial score (nSPS) is 15.1. The zero-order valence-electron chi connectivity index (χ0n) is 17.0. The first-order valence-electron chi connectivity index (χ1n) is 9.47. The lowest BCUT2D eigenvalue weighted by Crippen LogP contribution is -2.26. The van der Waals surface area contributed by atoms with E-state index in [1.807, 2.05) is 0 Å². The minimum atomic E-state index is -1.22. The number of fused-ring (bicyclic) bond motifs is 1. The summed E-state index contributed by atoms with van der Waals surface area (Å²) in [5, 5.41) is 33.5. The molecule has 1 aliphatic rings. The number of rotatable bonds is 5. The molecule has 166 valence electrons. The van der Waals surface area contributed by atoms with E-state index in [0.29, 0.717) is 22.0 Å². The predicted molar refractivity (Wildman–Crippen MR) is 116 cm³/mol. The summed E-state index contributed by atoms with van der Waals surface area (Å²) in [5.74, 6) is -3.50. The molecule has 1 amide bonds. The van der Waals surface area contributed by atoms with Gasteiger partial charge in [-0.2, -0.15) is 0 Å². The van der Waals surface area contributed by atoms with E-state index in [2.05, 4.69) is 5.32 Å². The molecule has 2 heterocycles. The third-order valence-corrected chi connectivity index (χ3v) is 5.60. The van der Waals surface area contributed by atoms with Gasteiger partial charge in [-0.3, -0.25) is 4.79 Å². The number of hydrogen-bond acceptors (Lipinski definition) is 6. The Morgan fingerprint density at radius 3 is 2.56 bits per heavy atom. The first-order chi connectivity index (χ1) is 15.3. The lowest BCUT2D eigenvalue weighted by atomic mass is 9.87. The van der Waals surface area contributed by atoms with Crippen molar-refractivity contribution in [1.29, 1.82) is 0 Å². The van der Waals surface area contributed by atoms with Crippen LogP contribution in [0.25, 0.3) is 5.69 Å². The number of halogens is 1. The van der Waals surface area contributed by atoms with Crippen molar-refractivity contribution in [2.45, 2.75) is 12.3 Å². The second-order valence-electron chi connectivity index (χ2n) is 7.16. The number of ether oxygens (including phenoxy) is 2. The van der Waals surface area contributed by atoms with E-state index in [1.165, 1.54) is 26.5 Å². The van der Waals surface area contributed by atoms with E-state index in [1.54, 1.807) is 28.8 Å². The molecule has 1 aliphatic heterocycles. The molecule has 3 aromatic rings. The number of benzene rings is 2. The van der Waals surface area contributed by atoms with Gasteiger partial charge in [0, 0.05) is 34.8 Å². The fourth-order valence-corrected chi connectivity index (χ4v) is 4.18. The van der Waals surface area contributed by atoms with Crippen molar-refractivity contribution in [2.24, 2.45) is 0 Å². The number of carbonyl (C=O) groups is 2. The van der Waals surface area contributed by atoms with Gasteiger partial charge in [0.2, 0.25) is 17.4 Å². The van der Waals surface area contributed by atoms with Crippen molar-refractivity contribution in [3.05, 3.63) is 58.4 Å². The van der Waals surface area contributed by atoms with Gasteiger partial charge in [-0.1, -0.05) is 17.7 Å². The van der Waals surface area contributed by atoms with E-state index in [4.69, 9.17) is 21.1 Å². The van der Waals surface area contributed by atoms with Crippen LogP contribution in [-0.4, -0.2) is 46.0 Å². The Kier molecular flexibility index (Phi) is 5.35. The number of carbonyl (C=O) groups excluding carboxylic acids is 1. The molecule has 0 saturated carbocycles. The predicted octanol–water partition coefficient (Wildman–Crippen LogP) is 3.73. The Hall–Kier alpha value is -3.85. The van der Waals surface area contributed by atoms with Crippen LogP contribution in [0.15, 0.2) is 36.5 Å². The summed E-state index contributed by atoms with van der Waals surface area (Å²) in [6.45, 7) is 0. The number of phenolic OH excluding ortho intramolecular Hbond substituents is 2. The second-order valence-corrected chi connectivity index (χ2v) is 7.60. The van der Waals surface area contributed by atoms with E-state index < -0.39 is 29.3 Å². The van der Waals surface area contributed by atoms with Crippen molar-refractivity contribution in [3.63, 3.8) is 0 Å². The van der Waals surface area contributed by atoms with Crippen LogP contribution in [0.5, 0.6) is 23.0 Å². The van der Waals surface area contributed by atoms with Crippen LogP contribution in [0.3, 0.4) is 0 Å². The zero-order chi connectivity index (χ0) is 23.2. The number of aromatic carboxylic acids is 1. The molecular formula is C22H19ClN2O7. The average molecular weight is 459 g/mol. The highest BCUT2D eigenvalue weighted by Gasteiger charge is 2.37. The van der Waals surface area contributed by atoms with Gasteiger partial charge in [0.15, 0.2) is 11.5 Å². The van der Waals surface area contributed by atoms with Crippen molar-refractivity contribution in [3.8, 4) is 28.7 Å². The van der Waals surface area contributed by atoms with Crippen molar-refractivity contribution < 1.29 is 34.4 Å². The molecule has 0 radical (unpaired) electrons. The summed E-state index contributed by atoms with van der Waals surface area (Å²) in [6, 6.07) is 8.27. The number of nitrogens with zero attached hydrogens (tertiary/aromatic N) is 1. The number of nitrogens with one attached hydrogen (secondary N) is 1. The van der Waals surface area contributed by atoms with Gasteiger partial charge in [-0.15, -0.1) is 0 Å². The van der Waals surface area contributed by atoms with Crippen molar-refractivity contribution in [1.82, 2.24) is 4.57 Å². The molecule has 0 unspecified atom stereocenters. The molecule has 0 bridgehead atoms. The Bertz CT molecular complexity index is 1250. The number of phenols is 2. The van der Waals surface area contributed by atoms with E-state index in [9.17, 15) is 24.9 Å². The van der Waals surface area contributed by atoms with Crippen LogP contribution in [0, 0.1) is 0 Å². The van der Waals surface area contributed by atoms with E-state index in [0.717, 1.165) is 0 Å². The first kappa shape index (κ1) is 21.4. The first-order valence-corrected chi connectivity index (χ1v) is 9.85. The second kappa shape index (κ2) is 8.01. The largest absolute Gasteiger partial charge is 0.502 e. The highest BCUT2D eigenvalue weighted by atomic mass is 35.5. The number of amides is 1. The molecular weight excluding hydrogens is 440 g/mol. The van der Waals surface area contributed by atoms with Crippen molar-refractivity contribution in [2.75, 3.05) is 19.5 Å². The molecule has 9 nitrogen and oxygen atoms in total. The Morgan fingerprint density at radius 2 is 1.94 bits per heavy atom. The monoisotopic (exact) mass is 458 g/mol. The minimum Gasteiger partial charge on any atom is -0.502 e. The molecule has 1 atom stereocenters. The van der Waals surface area contributed by atoms with Crippen LogP contribution in [0.1, 0.15) is 34.0 Å². The quantitative estimate of drug-likeness (QED) is 0.428. The molecule has 0 fully saturated rings. The number of anilines is 1. The van der Waals surface area contributed by atoms with Crippen LogP contribution in [0.4, 0.5) is 5.69 Å². The van der Waals surface area contributed by atoms with Gasteiger partial charge in [0.25, 0.3) is 0 Å². The maximum absolute atomic E-state index is 12.6. The molecule has 4 N–H and O–H groups in total. The summed E-state index contributed by atoms with van der Waals surface area (Å²) in [6.07, 6.45) is 1.33. The van der Waals surface area contributed by atoms with Crippen LogP contribution < -0.4 is 14.8 Å². The summed E-state index contributed by atoms with van der Waals surface area (Å²) < 4.78 is 12.1. The van der Waals surface area contributed by atoms with Gasteiger partial charge in [-0.25, -0.2) is 4.79 Å². The van der Waals surface area contributed by atoms with Gasteiger partial charge in [0.1, 0.15) is 5.56 Å². The van der Waals surface area contributed by atoms with Gasteiger partial charge in [0.05, 0.1) is 25.6 Å². The molecule has 4 rings (SSSR count). The highest BCUT2D eigenvalue weighted by Crippen LogP contribution is 2.51. The molecule has 0 aliphatic carbocycles. The number of aromatic nitrogens is 1. The van der Waals surface area contributed by atoms with Gasteiger partial charge in [-0.05, 0) is 24.3 Å². The molecule has 0 saturated heterocycles. The van der Waals surface area contributed by atoms with E-state index in [-0.39, 0.29) is 29.2 Å². The third-order valence-electron chi connectivity index (χ3n) is 5.37. The Morgan fingerprint density at radius 1 is 1.19 bits per heavy atom. The fraction of sp³-hybridized carbons (Fsp3) is 0.182. The molecule has 0 spiro atoms. The smallest absolute Gasteiger partial charge is 0.339 e. The number of carboxylic acid groups (broad SMARTS) is 1. The SMILES string of the molecule is COc1cc([C@@H]2CC(=O)Nc3c(C(=O)O)cn(-c4cccc(Cl)c4)c32)c(OC)c(O)c1O. The van der Waals surface area contributed by atoms with Crippen LogP contribution in [0.2, 0.25) is 5.02 Å². The molecule has 32 heavy (non-hydrogen) atoms. The van der Waals surface area contributed by atoms with E-state index >= 15 is 0 Å². The Labute approximate surface area is 187 Å². The summed E-state index contributed by atoms with van der Waals surface area (Å²) in [7, 11) is 2.63. The fourth-order valence-electron chi connectivity index (χ4n) is 3.99. The van der Waals surface area contributed by atoms with Crippen molar-refractivity contribution >= 4 is 29.2 Å². The van der Waals surface area contributed by atoms with Gasteiger partial charge >= 0.3 is 5.97 Å².